The van der Waals surface area contributed by atoms with E-state index < -0.39 is 11.1 Å². The molecule has 0 bridgehead atoms. The van der Waals surface area contributed by atoms with Gasteiger partial charge in [-0.15, -0.1) is 0 Å². The highest BCUT2D eigenvalue weighted by molar-refractivity contribution is 8.18. The molecule has 0 radical (unpaired) electrons. The first-order chi connectivity index (χ1) is 12.7. The highest BCUT2D eigenvalue weighted by Gasteiger charge is 2.25. The van der Waals surface area contributed by atoms with Crippen molar-refractivity contribution in [3.63, 3.8) is 0 Å². The molecule has 0 aliphatic carbocycles. The summed E-state index contributed by atoms with van der Waals surface area (Å²) in [5.74, 6) is 0.607. The van der Waals surface area contributed by atoms with E-state index in [0.29, 0.717) is 11.3 Å². The third kappa shape index (κ3) is 4.40. The van der Waals surface area contributed by atoms with E-state index in [4.69, 9.17) is 27.9 Å². The van der Waals surface area contributed by atoms with Crippen molar-refractivity contribution in [3.8, 4) is 17.2 Å². The summed E-state index contributed by atoms with van der Waals surface area (Å²) in [7, 11) is 0. The molecule has 0 aromatic heterocycles. The first kappa shape index (κ1) is 19.6. The molecule has 140 valence electrons. The van der Waals surface area contributed by atoms with Crippen molar-refractivity contribution in [1.82, 2.24) is 5.32 Å². The van der Waals surface area contributed by atoms with Gasteiger partial charge in [-0.3, -0.25) is 14.9 Å². The number of phenolic OH excluding ortho intramolecular Hbond substituents is 1. The van der Waals surface area contributed by atoms with Crippen LogP contribution in [0.15, 0.2) is 35.2 Å². The lowest BCUT2D eigenvalue weighted by molar-refractivity contribution is -0.115. The minimum Gasteiger partial charge on any atom is -0.508 e. The van der Waals surface area contributed by atoms with Gasteiger partial charge in [0, 0.05) is 5.56 Å². The normalized spacial score (nSPS) is 15.5. The average Bonchev–Trinajstić information content (AvgIpc) is 2.89. The highest BCUT2D eigenvalue weighted by Crippen LogP contribution is 2.40. The van der Waals surface area contributed by atoms with Crippen LogP contribution in [0.1, 0.15) is 30.9 Å². The molecular weight excluding hydrogens is 409 g/mol. The second-order valence-electron chi connectivity index (χ2n) is 6.14. The Morgan fingerprint density at radius 1 is 1.15 bits per heavy atom. The van der Waals surface area contributed by atoms with Gasteiger partial charge in [0.1, 0.15) is 11.5 Å². The summed E-state index contributed by atoms with van der Waals surface area (Å²) in [5.41, 5.74) is 1.31. The maximum Gasteiger partial charge on any atom is 0.290 e. The topological polar surface area (TPSA) is 75.6 Å². The maximum atomic E-state index is 11.6. The molecule has 0 atom stereocenters. The number of ether oxygens (including phenoxy) is 1. The molecule has 1 fully saturated rings. The Balaban J connectivity index is 1.90. The summed E-state index contributed by atoms with van der Waals surface area (Å²) in [6, 6.07) is 8.09. The average molecular weight is 424 g/mol. The van der Waals surface area contributed by atoms with Crippen molar-refractivity contribution in [1.29, 1.82) is 0 Å². The number of nitrogens with one attached hydrogen (secondary N) is 1. The van der Waals surface area contributed by atoms with Crippen molar-refractivity contribution in [2.24, 2.45) is 0 Å². The van der Waals surface area contributed by atoms with E-state index in [1.54, 1.807) is 30.3 Å². The summed E-state index contributed by atoms with van der Waals surface area (Å²) in [5, 5.41) is 12.2. The molecule has 2 N–H and O–H groups in total. The van der Waals surface area contributed by atoms with Crippen molar-refractivity contribution in [2.75, 3.05) is 0 Å². The zero-order chi connectivity index (χ0) is 19.7. The first-order valence-electron chi connectivity index (χ1n) is 7.99. The van der Waals surface area contributed by atoms with Crippen LogP contribution in [0.5, 0.6) is 17.2 Å². The Bertz CT molecular complexity index is 949. The number of imide groups is 1. The molecule has 1 aliphatic rings. The zero-order valence-corrected chi connectivity index (χ0v) is 16.7. The minimum atomic E-state index is -0.456. The Kier molecular flexibility index (Phi) is 5.69. The van der Waals surface area contributed by atoms with Gasteiger partial charge < -0.3 is 9.84 Å². The SMILES string of the molecule is CC(C)c1cc(Oc2c(Cl)cc(/C=C3/SC(=O)NC3=O)cc2Cl)ccc1O. The number of thioether (sulfide) groups is 1. The van der Waals surface area contributed by atoms with Crippen LogP contribution >= 0.6 is 35.0 Å². The fourth-order valence-corrected chi connectivity index (χ4v) is 3.77. The van der Waals surface area contributed by atoms with E-state index in [-0.39, 0.29) is 32.4 Å². The van der Waals surface area contributed by atoms with E-state index in [0.717, 1.165) is 17.3 Å². The first-order valence-corrected chi connectivity index (χ1v) is 9.56. The number of rotatable bonds is 4. The van der Waals surface area contributed by atoms with Crippen LogP contribution in [0, 0.1) is 0 Å². The lowest BCUT2D eigenvalue weighted by Crippen LogP contribution is -2.17. The summed E-state index contributed by atoms with van der Waals surface area (Å²) in [6.07, 6.45) is 1.53. The van der Waals surface area contributed by atoms with E-state index in [1.165, 1.54) is 6.08 Å². The smallest absolute Gasteiger partial charge is 0.290 e. The van der Waals surface area contributed by atoms with E-state index in [1.807, 2.05) is 13.8 Å². The number of carbonyl (C=O) groups is 2. The van der Waals surface area contributed by atoms with E-state index in [9.17, 15) is 14.7 Å². The third-order valence-electron chi connectivity index (χ3n) is 3.80. The molecule has 8 heteroatoms. The molecule has 2 aromatic carbocycles. The van der Waals surface area contributed by atoms with Crippen LogP contribution in [0.2, 0.25) is 10.0 Å². The van der Waals surface area contributed by atoms with Crippen LogP contribution in [0.4, 0.5) is 4.79 Å². The number of aromatic hydroxyl groups is 1. The molecule has 1 aliphatic heterocycles. The lowest BCUT2D eigenvalue weighted by Gasteiger charge is -2.14. The number of carbonyl (C=O) groups excluding carboxylic acids is 2. The third-order valence-corrected chi connectivity index (χ3v) is 5.17. The number of halogens is 2. The molecule has 0 spiro atoms. The summed E-state index contributed by atoms with van der Waals surface area (Å²) >= 11 is 13.4. The Hall–Kier alpha value is -2.15. The van der Waals surface area contributed by atoms with Crippen LogP contribution in [0.3, 0.4) is 0 Å². The second kappa shape index (κ2) is 7.84. The summed E-state index contributed by atoms with van der Waals surface area (Å²) in [4.78, 5) is 23.2. The molecule has 3 rings (SSSR count). The summed E-state index contributed by atoms with van der Waals surface area (Å²) in [6.45, 7) is 3.92. The predicted octanol–water partition coefficient (Wildman–Crippen LogP) is 5.94. The minimum absolute atomic E-state index is 0.117. The largest absolute Gasteiger partial charge is 0.508 e. The molecule has 2 aromatic rings. The van der Waals surface area contributed by atoms with E-state index in [2.05, 4.69) is 5.32 Å². The Morgan fingerprint density at radius 2 is 1.81 bits per heavy atom. The van der Waals surface area contributed by atoms with Gasteiger partial charge in [0.05, 0.1) is 15.0 Å². The van der Waals surface area contributed by atoms with Gasteiger partial charge in [-0.25, -0.2) is 0 Å². The maximum absolute atomic E-state index is 11.6. The summed E-state index contributed by atoms with van der Waals surface area (Å²) < 4.78 is 5.81. The van der Waals surface area contributed by atoms with Crippen LogP contribution in [-0.2, 0) is 4.79 Å². The van der Waals surface area contributed by atoms with Crippen molar-refractivity contribution in [2.45, 2.75) is 19.8 Å². The molecule has 0 unspecified atom stereocenters. The van der Waals surface area contributed by atoms with Crippen LogP contribution < -0.4 is 10.1 Å². The van der Waals surface area contributed by atoms with Gasteiger partial charge in [0.15, 0.2) is 5.75 Å². The molecule has 0 saturated carbocycles. The fraction of sp³-hybridized carbons (Fsp3) is 0.158. The highest BCUT2D eigenvalue weighted by atomic mass is 35.5. The van der Waals surface area contributed by atoms with Gasteiger partial charge in [-0.1, -0.05) is 37.0 Å². The molecule has 1 saturated heterocycles. The number of hydrogen-bond acceptors (Lipinski definition) is 5. The number of phenols is 1. The predicted molar refractivity (Wildman–Crippen MR) is 108 cm³/mol. The lowest BCUT2D eigenvalue weighted by atomic mass is 10.0. The van der Waals surface area contributed by atoms with Crippen molar-refractivity contribution in [3.05, 3.63) is 56.4 Å². The zero-order valence-electron chi connectivity index (χ0n) is 14.4. The monoisotopic (exact) mass is 423 g/mol. The molecule has 5 nitrogen and oxygen atoms in total. The van der Waals surface area contributed by atoms with Gasteiger partial charge >= 0.3 is 0 Å². The fourth-order valence-electron chi connectivity index (χ4n) is 2.51. The quantitative estimate of drug-likeness (QED) is 0.595. The van der Waals surface area contributed by atoms with Crippen molar-refractivity contribution < 1.29 is 19.4 Å². The molecule has 1 heterocycles. The Labute approximate surface area is 170 Å². The number of benzene rings is 2. The van der Waals surface area contributed by atoms with Crippen LogP contribution in [0.25, 0.3) is 6.08 Å². The van der Waals surface area contributed by atoms with Gasteiger partial charge in [-0.05, 0) is 59.7 Å². The molecular formula is C19H15Cl2NO4S. The van der Waals surface area contributed by atoms with Crippen molar-refractivity contribution >= 4 is 52.2 Å². The van der Waals surface area contributed by atoms with Gasteiger partial charge in [0.2, 0.25) is 0 Å². The molecule has 27 heavy (non-hydrogen) atoms. The van der Waals surface area contributed by atoms with Crippen LogP contribution in [-0.4, -0.2) is 16.3 Å². The Morgan fingerprint density at radius 3 is 2.37 bits per heavy atom. The standard InChI is InChI=1S/C19H15Cl2NO4S/c1-9(2)12-8-11(3-4-15(12)23)26-17-13(20)5-10(6-14(17)21)7-16-18(24)22-19(25)27-16/h3-9,23H,1-2H3,(H,22,24,25)/b16-7+. The molecule has 2 amide bonds. The van der Waals surface area contributed by atoms with Gasteiger partial charge in [0.25, 0.3) is 11.1 Å². The van der Waals surface area contributed by atoms with E-state index >= 15 is 0 Å². The van der Waals surface area contributed by atoms with Gasteiger partial charge in [-0.2, -0.15) is 0 Å². The number of hydrogen-bond donors (Lipinski definition) is 2. The second-order valence-corrected chi connectivity index (χ2v) is 7.97. The number of amides is 2.